The standard InChI is InChI=1S/C34H40FN6O7P/c1-4-13-24(14-5-2)46-32(43)26(19-23-15-9-7-10-16-23)40-49(44,48-25-17-11-8-12-18-25)45-21-34(6-3)27(42)20-28(47-34)41-22-37-29-30(36)38-33(35)39-31(29)41/h3,7-12,15-18,22,24,26-28,42H,4-5,13-14,19-21H2,1-2H3,(H,40,44)(H2,36,38,39)/t26-,27-,28+,34+,49-/m0/s1. The SMILES string of the molecule is C#C[C@]1(CO[P@@](=O)(N[C@@H](Cc2ccccc2)C(=O)OC(CCC)CCC)Oc2ccccc2)O[C@@H](n2cnc3c(N)nc(F)nc32)C[C@@H]1O. The number of imidazole rings is 1. The highest BCUT2D eigenvalue weighted by atomic mass is 31.2. The number of rotatable bonds is 16. The van der Waals surface area contributed by atoms with Gasteiger partial charge < -0.3 is 24.8 Å². The lowest BCUT2D eigenvalue weighted by Crippen LogP contribution is -2.45. The van der Waals surface area contributed by atoms with Gasteiger partial charge in [-0.25, -0.2) is 9.55 Å². The molecule has 49 heavy (non-hydrogen) atoms. The quantitative estimate of drug-likeness (QED) is 0.0613. The molecule has 2 aromatic heterocycles. The summed E-state index contributed by atoms with van der Waals surface area (Å²) >= 11 is 0. The molecule has 0 saturated carbocycles. The summed E-state index contributed by atoms with van der Waals surface area (Å²) < 4.78 is 54.0. The molecule has 2 aromatic carbocycles. The molecule has 4 aromatic rings. The van der Waals surface area contributed by atoms with Crippen LogP contribution >= 0.6 is 7.75 Å². The molecular weight excluding hydrogens is 654 g/mol. The number of nitrogen functional groups attached to an aromatic ring is 1. The van der Waals surface area contributed by atoms with Crippen LogP contribution in [0.25, 0.3) is 11.2 Å². The second-order valence-corrected chi connectivity index (χ2v) is 13.4. The second kappa shape index (κ2) is 15.9. The number of esters is 1. The van der Waals surface area contributed by atoms with Crippen LogP contribution in [0.3, 0.4) is 0 Å². The van der Waals surface area contributed by atoms with Crippen molar-refractivity contribution < 1.29 is 37.4 Å². The number of nitrogens with zero attached hydrogens (tertiary/aromatic N) is 4. The smallest absolute Gasteiger partial charge is 0.459 e. The van der Waals surface area contributed by atoms with Gasteiger partial charge in [-0.2, -0.15) is 19.4 Å². The third-order valence-corrected chi connectivity index (χ3v) is 9.64. The van der Waals surface area contributed by atoms with Crippen LogP contribution in [0.1, 0.15) is 57.7 Å². The molecule has 0 bridgehead atoms. The summed E-state index contributed by atoms with van der Waals surface area (Å²) in [5.41, 5.74) is 4.90. The molecule has 0 amide bonds. The summed E-state index contributed by atoms with van der Waals surface area (Å²) in [6.07, 6.45) is 6.50. The highest BCUT2D eigenvalue weighted by Crippen LogP contribution is 2.48. The Labute approximate surface area is 283 Å². The van der Waals surface area contributed by atoms with E-state index in [0.717, 1.165) is 18.4 Å². The number of benzene rings is 2. The Morgan fingerprint density at radius 3 is 2.51 bits per heavy atom. The maximum Gasteiger partial charge on any atom is 0.459 e. The summed E-state index contributed by atoms with van der Waals surface area (Å²) in [5.74, 6) is 1.83. The first-order valence-corrected chi connectivity index (χ1v) is 17.6. The number of aliphatic hydroxyl groups excluding tert-OH is 1. The van der Waals surface area contributed by atoms with Crippen molar-refractivity contribution in [1.29, 1.82) is 0 Å². The summed E-state index contributed by atoms with van der Waals surface area (Å²) in [6, 6.07) is 16.3. The third kappa shape index (κ3) is 8.62. The van der Waals surface area contributed by atoms with Crippen molar-refractivity contribution in [2.45, 2.75) is 82.5 Å². The molecule has 1 fully saturated rings. The van der Waals surface area contributed by atoms with Crippen LogP contribution in [0.5, 0.6) is 5.75 Å². The van der Waals surface area contributed by atoms with E-state index < -0.39 is 50.4 Å². The Bertz CT molecular complexity index is 1800. The van der Waals surface area contributed by atoms with Crippen molar-refractivity contribution >= 4 is 30.7 Å². The van der Waals surface area contributed by atoms with Gasteiger partial charge in [-0.1, -0.05) is 81.1 Å². The molecule has 1 aliphatic rings. The number of hydrogen-bond donors (Lipinski definition) is 3. The summed E-state index contributed by atoms with van der Waals surface area (Å²) in [4.78, 5) is 25.1. The van der Waals surface area contributed by atoms with Crippen molar-refractivity contribution in [3.8, 4) is 18.1 Å². The Kier molecular flexibility index (Phi) is 11.6. The monoisotopic (exact) mass is 694 g/mol. The average Bonchev–Trinajstić information content (AvgIpc) is 3.65. The largest absolute Gasteiger partial charge is 0.461 e. The zero-order valence-electron chi connectivity index (χ0n) is 27.3. The first-order valence-electron chi connectivity index (χ1n) is 16.1. The number of anilines is 1. The van der Waals surface area contributed by atoms with Gasteiger partial charge in [0.25, 0.3) is 0 Å². The van der Waals surface area contributed by atoms with Crippen LogP contribution < -0.4 is 15.3 Å². The maximum absolute atomic E-state index is 14.6. The molecule has 13 nitrogen and oxygen atoms in total. The molecule has 3 heterocycles. The lowest BCUT2D eigenvalue weighted by atomic mass is 9.99. The first-order chi connectivity index (χ1) is 23.6. The molecule has 1 saturated heterocycles. The zero-order chi connectivity index (χ0) is 35.0. The normalized spacial score (nSPS) is 20.9. The summed E-state index contributed by atoms with van der Waals surface area (Å²) in [5, 5.41) is 14.0. The van der Waals surface area contributed by atoms with Crippen LogP contribution in [-0.2, 0) is 29.8 Å². The maximum atomic E-state index is 14.6. The van der Waals surface area contributed by atoms with E-state index in [-0.39, 0.29) is 41.7 Å². The van der Waals surface area contributed by atoms with Crippen molar-refractivity contribution in [1.82, 2.24) is 24.6 Å². The van der Waals surface area contributed by atoms with Crippen LogP contribution in [0.2, 0.25) is 0 Å². The number of aliphatic hydroxyl groups is 1. The molecule has 0 spiro atoms. The highest BCUT2D eigenvalue weighted by Gasteiger charge is 2.50. The van der Waals surface area contributed by atoms with Crippen LogP contribution in [0.15, 0.2) is 67.0 Å². The minimum absolute atomic E-state index is 0.0300. The lowest BCUT2D eigenvalue weighted by Gasteiger charge is -2.30. The number of aromatic nitrogens is 4. The predicted molar refractivity (Wildman–Crippen MR) is 179 cm³/mol. The van der Waals surface area contributed by atoms with Crippen molar-refractivity contribution in [3.05, 3.63) is 78.6 Å². The van der Waals surface area contributed by atoms with E-state index >= 15 is 0 Å². The fraction of sp³-hybridized carbons (Fsp3) is 0.412. The molecule has 260 valence electrons. The number of carbonyl (C=O) groups excluding carboxylic acids is 1. The molecule has 0 radical (unpaired) electrons. The fourth-order valence-electron chi connectivity index (χ4n) is 5.61. The van der Waals surface area contributed by atoms with Crippen molar-refractivity contribution in [2.24, 2.45) is 0 Å². The van der Waals surface area contributed by atoms with Gasteiger partial charge in [-0.3, -0.25) is 13.9 Å². The van der Waals surface area contributed by atoms with Gasteiger partial charge in [0.15, 0.2) is 22.6 Å². The number of fused-ring (bicyclic) bond motifs is 1. The second-order valence-electron chi connectivity index (χ2n) is 11.7. The topological polar surface area (TPSA) is 173 Å². The molecule has 1 aliphatic heterocycles. The molecule has 0 aliphatic carbocycles. The van der Waals surface area contributed by atoms with Gasteiger partial charge in [-0.05, 0) is 37.0 Å². The highest BCUT2D eigenvalue weighted by molar-refractivity contribution is 7.52. The lowest BCUT2D eigenvalue weighted by molar-refractivity contribution is -0.152. The van der Waals surface area contributed by atoms with Gasteiger partial charge in [-0.15, -0.1) is 6.42 Å². The van der Waals surface area contributed by atoms with Crippen LogP contribution in [-0.4, -0.2) is 61.1 Å². The van der Waals surface area contributed by atoms with E-state index in [1.54, 1.807) is 30.3 Å². The van der Waals surface area contributed by atoms with Gasteiger partial charge in [0.1, 0.15) is 36.8 Å². The zero-order valence-corrected chi connectivity index (χ0v) is 28.2. The molecule has 0 unspecified atom stereocenters. The van der Waals surface area contributed by atoms with Crippen LogP contribution in [0.4, 0.5) is 10.2 Å². The van der Waals surface area contributed by atoms with Crippen molar-refractivity contribution in [2.75, 3.05) is 12.3 Å². The molecule has 5 rings (SSSR count). The summed E-state index contributed by atoms with van der Waals surface area (Å²) in [7, 11) is -4.47. The van der Waals surface area contributed by atoms with E-state index in [0.29, 0.717) is 12.8 Å². The molecule has 5 atom stereocenters. The van der Waals surface area contributed by atoms with E-state index in [1.165, 1.54) is 10.9 Å². The predicted octanol–water partition coefficient (Wildman–Crippen LogP) is 5.12. The van der Waals surface area contributed by atoms with Gasteiger partial charge in [0.2, 0.25) is 0 Å². The number of terminal acetylenes is 1. The van der Waals surface area contributed by atoms with E-state index in [2.05, 4.69) is 26.0 Å². The van der Waals surface area contributed by atoms with Gasteiger partial charge in [0.05, 0.1) is 6.33 Å². The van der Waals surface area contributed by atoms with Gasteiger partial charge >= 0.3 is 19.8 Å². The Balaban J connectivity index is 1.42. The van der Waals surface area contributed by atoms with E-state index in [1.807, 2.05) is 44.2 Å². The van der Waals surface area contributed by atoms with Crippen LogP contribution in [0, 0.1) is 18.4 Å². The average molecular weight is 695 g/mol. The number of carbonyl (C=O) groups is 1. The minimum atomic E-state index is -4.47. The van der Waals surface area contributed by atoms with E-state index in [9.17, 15) is 18.9 Å². The Morgan fingerprint density at radius 2 is 1.86 bits per heavy atom. The number of ether oxygens (including phenoxy) is 2. The minimum Gasteiger partial charge on any atom is -0.461 e. The number of para-hydroxylation sites is 1. The molecular formula is C34H40FN6O7P. The number of nitrogens with one attached hydrogen (secondary N) is 1. The van der Waals surface area contributed by atoms with Gasteiger partial charge in [0, 0.05) is 6.42 Å². The molecule has 4 N–H and O–H groups in total. The third-order valence-electron chi connectivity index (χ3n) is 8.09. The van der Waals surface area contributed by atoms with E-state index in [4.69, 9.17) is 30.7 Å². The number of hydrogen-bond acceptors (Lipinski definition) is 11. The first kappa shape index (κ1) is 35.9. The Hall–Kier alpha value is -4.38. The molecule has 15 heteroatoms. The van der Waals surface area contributed by atoms with Crippen molar-refractivity contribution in [3.63, 3.8) is 0 Å². The number of halogens is 1. The number of nitrogens with two attached hydrogens (primary N) is 1. The fourth-order valence-corrected chi connectivity index (χ4v) is 7.13. The Morgan fingerprint density at radius 1 is 1.18 bits per heavy atom. The summed E-state index contributed by atoms with van der Waals surface area (Å²) in [6.45, 7) is 3.39.